The lowest BCUT2D eigenvalue weighted by molar-refractivity contribution is 0.0241. The fourth-order valence-corrected chi connectivity index (χ4v) is 1.98. The van der Waals surface area contributed by atoms with Crippen LogP contribution in [0.1, 0.15) is 17.4 Å². The van der Waals surface area contributed by atoms with Crippen LogP contribution in [-0.2, 0) is 11.2 Å². The summed E-state index contributed by atoms with van der Waals surface area (Å²) in [5, 5.41) is 3.88. The Bertz CT molecular complexity index is 314. The number of benzene rings is 1. The molecule has 0 aromatic heterocycles. The molecule has 0 spiro atoms. The molecule has 1 aromatic rings. The Morgan fingerprint density at radius 1 is 1.54 bits per heavy atom. The molecular formula is C10H12ClNO. The van der Waals surface area contributed by atoms with Crippen molar-refractivity contribution in [2.24, 2.45) is 0 Å². The molecule has 0 aliphatic carbocycles. The molecule has 0 radical (unpaired) electrons. The van der Waals surface area contributed by atoms with Gasteiger partial charge < -0.3 is 4.74 Å². The van der Waals surface area contributed by atoms with E-state index in [0.29, 0.717) is 0 Å². The lowest BCUT2D eigenvalue weighted by Gasteiger charge is -2.26. The lowest BCUT2D eigenvalue weighted by atomic mass is 10.0. The van der Waals surface area contributed by atoms with Crippen molar-refractivity contribution in [3.63, 3.8) is 0 Å². The largest absolute Gasteiger partial charge is 0.359 e. The summed E-state index contributed by atoms with van der Waals surface area (Å²) in [7, 11) is 1.88. The molecule has 1 N–H and O–H groups in total. The second-order valence-electron chi connectivity index (χ2n) is 3.10. The molecule has 0 saturated carbocycles. The van der Waals surface area contributed by atoms with Crippen molar-refractivity contribution in [2.75, 3.05) is 13.7 Å². The number of fused-ring (bicyclic) bond motifs is 1. The summed E-state index contributed by atoms with van der Waals surface area (Å²) >= 11 is 6.10. The summed E-state index contributed by atoms with van der Waals surface area (Å²) in [5.41, 5.74) is 2.39. The zero-order chi connectivity index (χ0) is 9.26. The Morgan fingerprint density at radius 2 is 2.38 bits per heavy atom. The molecule has 0 fully saturated rings. The molecule has 0 unspecified atom stereocenters. The lowest BCUT2D eigenvalue weighted by Crippen LogP contribution is -2.26. The summed E-state index contributed by atoms with van der Waals surface area (Å²) in [5.74, 6) is 0. The highest BCUT2D eigenvalue weighted by Crippen LogP contribution is 2.30. The van der Waals surface area contributed by atoms with Gasteiger partial charge in [0.25, 0.3) is 0 Å². The molecule has 70 valence electrons. The van der Waals surface area contributed by atoms with E-state index in [0.717, 1.165) is 23.6 Å². The van der Waals surface area contributed by atoms with Crippen molar-refractivity contribution >= 4 is 11.6 Å². The number of nitrogens with one attached hydrogen (secondary N) is 1. The normalized spacial score (nSPS) is 21.2. The molecule has 1 heterocycles. The highest BCUT2D eigenvalue weighted by molar-refractivity contribution is 6.31. The summed E-state index contributed by atoms with van der Waals surface area (Å²) in [6, 6.07) is 5.99. The van der Waals surface area contributed by atoms with Gasteiger partial charge in [-0.3, -0.25) is 5.32 Å². The zero-order valence-corrected chi connectivity index (χ0v) is 8.27. The number of rotatable bonds is 1. The minimum absolute atomic E-state index is 0.0440. The molecule has 0 bridgehead atoms. The maximum atomic E-state index is 6.10. The van der Waals surface area contributed by atoms with Crippen LogP contribution in [0.2, 0.25) is 5.02 Å². The van der Waals surface area contributed by atoms with E-state index in [-0.39, 0.29) is 6.23 Å². The average molecular weight is 198 g/mol. The molecule has 3 heteroatoms. The molecule has 13 heavy (non-hydrogen) atoms. The van der Waals surface area contributed by atoms with Crippen LogP contribution in [0.4, 0.5) is 0 Å². The first-order valence-electron chi connectivity index (χ1n) is 4.39. The first kappa shape index (κ1) is 9.00. The predicted molar refractivity (Wildman–Crippen MR) is 52.9 cm³/mol. The minimum atomic E-state index is -0.0440. The van der Waals surface area contributed by atoms with Gasteiger partial charge in [-0.25, -0.2) is 0 Å². The summed E-state index contributed by atoms with van der Waals surface area (Å²) < 4.78 is 5.54. The Balaban J connectivity index is 2.47. The first-order chi connectivity index (χ1) is 6.33. The van der Waals surface area contributed by atoms with Gasteiger partial charge in [0.2, 0.25) is 0 Å². The van der Waals surface area contributed by atoms with Crippen molar-refractivity contribution < 1.29 is 4.74 Å². The van der Waals surface area contributed by atoms with Gasteiger partial charge >= 0.3 is 0 Å². The summed E-state index contributed by atoms with van der Waals surface area (Å²) in [6.07, 6.45) is 0.908. The van der Waals surface area contributed by atoms with Crippen LogP contribution in [0.15, 0.2) is 18.2 Å². The highest BCUT2D eigenvalue weighted by atomic mass is 35.5. The van der Waals surface area contributed by atoms with Crippen LogP contribution in [0.3, 0.4) is 0 Å². The first-order valence-corrected chi connectivity index (χ1v) is 4.77. The van der Waals surface area contributed by atoms with Gasteiger partial charge in [0.15, 0.2) is 0 Å². The van der Waals surface area contributed by atoms with Gasteiger partial charge in [0.05, 0.1) is 6.61 Å². The van der Waals surface area contributed by atoms with Gasteiger partial charge in [-0.05, 0) is 25.1 Å². The SMILES string of the molecule is CN[C@H]1OCCc2cccc(Cl)c21. The van der Waals surface area contributed by atoms with Crippen LogP contribution >= 0.6 is 11.6 Å². The van der Waals surface area contributed by atoms with Crippen LogP contribution in [0, 0.1) is 0 Å². The van der Waals surface area contributed by atoms with E-state index in [4.69, 9.17) is 16.3 Å². The minimum Gasteiger partial charge on any atom is -0.359 e. The third-order valence-electron chi connectivity index (χ3n) is 2.32. The maximum absolute atomic E-state index is 6.10. The molecule has 0 amide bonds. The number of ether oxygens (including phenoxy) is 1. The fraction of sp³-hybridized carbons (Fsp3) is 0.400. The van der Waals surface area contributed by atoms with Crippen LogP contribution in [0.25, 0.3) is 0 Å². The van der Waals surface area contributed by atoms with Crippen molar-refractivity contribution in [2.45, 2.75) is 12.6 Å². The second kappa shape index (κ2) is 3.66. The Labute approximate surface area is 82.9 Å². The quantitative estimate of drug-likeness (QED) is 0.745. The van der Waals surface area contributed by atoms with E-state index in [2.05, 4.69) is 11.4 Å². The average Bonchev–Trinajstić information content (AvgIpc) is 2.17. The van der Waals surface area contributed by atoms with Crippen molar-refractivity contribution in [3.05, 3.63) is 34.3 Å². The topological polar surface area (TPSA) is 21.3 Å². The molecule has 2 nitrogen and oxygen atoms in total. The van der Waals surface area contributed by atoms with Gasteiger partial charge in [0, 0.05) is 10.6 Å². The van der Waals surface area contributed by atoms with E-state index in [1.165, 1.54) is 5.56 Å². The predicted octanol–water partition coefficient (Wildman–Crippen LogP) is 2.13. The van der Waals surface area contributed by atoms with Crippen molar-refractivity contribution in [3.8, 4) is 0 Å². The molecule has 0 saturated heterocycles. The third-order valence-corrected chi connectivity index (χ3v) is 2.65. The van der Waals surface area contributed by atoms with Gasteiger partial charge in [0.1, 0.15) is 6.23 Å². The van der Waals surface area contributed by atoms with E-state index >= 15 is 0 Å². The van der Waals surface area contributed by atoms with Crippen LogP contribution < -0.4 is 5.32 Å². The monoisotopic (exact) mass is 197 g/mol. The van der Waals surface area contributed by atoms with Crippen LogP contribution in [0.5, 0.6) is 0 Å². The highest BCUT2D eigenvalue weighted by Gasteiger charge is 2.21. The standard InChI is InChI=1S/C10H12ClNO/c1-12-10-9-7(5-6-13-10)3-2-4-8(9)11/h2-4,10,12H,5-6H2,1H3/t10-/m0/s1. The van der Waals surface area contributed by atoms with E-state index in [9.17, 15) is 0 Å². The fourth-order valence-electron chi connectivity index (χ4n) is 1.69. The van der Waals surface area contributed by atoms with Crippen molar-refractivity contribution in [1.82, 2.24) is 5.32 Å². The second-order valence-corrected chi connectivity index (χ2v) is 3.51. The smallest absolute Gasteiger partial charge is 0.135 e. The molecule has 1 aliphatic rings. The van der Waals surface area contributed by atoms with E-state index in [1.807, 2.05) is 19.2 Å². The Morgan fingerprint density at radius 3 is 3.15 bits per heavy atom. The third kappa shape index (κ3) is 1.57. The van der Waals surface area contributed by atoms with E-state index < -0.39 is 0 Å². The van der Waals surface area contributed by atoms with Gasteiger partial charge in [-0.2, -0.15) is 0 Å². The van der Waals surface area contributed by atoms with Gasteiger partial charge in [-0.1, -0.05) is 23.7 Å². The molecule has 1 atom stereocenters. The van der Waals surface area contributed by atoms with E-state index in [1.54, 1.807) is 0 Å². The zero-order valence-electron chi connectivity index (χ0n) is 7.51. The molecule has 2 rings (SSSR count). The molecular weight excluding hydrogens is 186 g/mol. The summed E-state index contributed by atoms with van der Waals surface area (Å²) in [6.45, 7) is 0.763. The molecule has 1 aliphatic heterocycles. The Hall–Kier alpha value is -0.570. The van der Waals surface area contributed by atoms with Crippen LogP contribution in [-0.4, -0.2) is 13.7 Å². The summed E-state index contributed by atoms with van der Waals surface area (Å²) in [4.78, 5) is 0. The van der Waals surface area contributed by atoms with Gasteiger partial charge in [-0.15, -0.1) is 0 Å². The number of hydrogen-bond donors (Lipinski definition) is 1. The van der Waals surface area contributed by atoms with Crippen molar-refractivity contribution in [1.29, 1.82) is 0 Å². The number of halogens is 1. The Kier molecular flexibility index (Phi) is 2.54. The maximum Gasteiger partial charge on any atom is 0.135 e. The molecule has 1 aromatic carbocycles. The number of hydrogen-bond acceptors (Lipinski definition) is 2.